The number of rotatable bonds is 5. The van der Waals surface area contributed by atoms with E-state index in [1.165, 1.54) is 0 Å². The summed E-state index contributed by atoms with van der Waals surface area (Å²) < 4.78 is 6.41. The molecule has 5 heteroatoms. The molecule has 0 saturated heterocycles. The first-order valence-electron chi connectivity index (χ1n) is 6.58. The van der Waals surface area contributed by atoms with Gasteiger partial charge in [0.25, 0.3) is 5.91 Å². The third-order valence-corrected chi connectivity index (χ3v) is 3.53. The zero-order chi connectivity index (χ0) is 15.2. The van der Waals surface area contributed by atoms with Gasteiger partial charge in [0.2, 0.25) is 0 Å². The number of ether oxygens (including phenoxy) is 1. The Kier molecular flexibility index (Phi) is 5.22. The minimum Gasteiger partial charge on any atom is -0.484 e. The lowest BCUT2D eigenvalue weighted by molar-refractivity contribution is -0.123. The van der Waals surface area contributed by atoms with Crippen LogP contribution in [0.25, 0.3) is 0 Å². The molecule has 0 fully saturated rings. The van der Waals surface area contributed by atoms with Crippen molar-refractivity contribution in [3.05, 3.63) is 58.6 Å². The van der Waals surface area contributed by atoms with E-state index in [0.29, 0.717) is 11.4 Å². The van der Waals surface area contributed by atoms with Crippen molar-refractivity contribution in [1.82, 2.24) is 5.32 Å². The number of hydrogen-bond acceptors (Lipinski definition) is 3. The Morgan fingerprint density at radius 2 is 1.81 bits per heavy atom. The molecule has 3 N–H and O–H groups in total. The number of nitrogen functional groups attached to an aromatic ring is 1. The molecule has 21 heavy (non-hydrogen) atoms. The number of carbonyl (C=O) groups is 1. The summed E-state index contributed by atoms with van der Waals surface area (Å²) in [4.78, 5) is 11.9. The lowest BCUT2D eigenvalue weighted by Crippen LogP contribution is -2.31. The van der Waals surface area contributed by atoms with E-state index in [-0.39, 0.29) is 18.6 Å². The highest BCUT2D eigenvalue weighted by Crippen LogP contribution is 2.16. The SMILES string of the molecule is C[C@H](NC(=O)COc1ccc(N)cc1)c1ccc(Br)cc1. The molecule has 4 nitrogen and oxygen atoms in total. The van der Waals surface area contributed by atoms with E-state index in [1.807, 2.05) is 31.2 Å². The van der Waals surface area contributed by atoms with Crippen molar-refractivity contribution in [2.75, 3.05) is 12.3 Å². The number of anilines is 1. The molecule has 110 valence electrons. The molecule has 0 aliphatic heterocycles. The van der Waals surface area contributed by atoms with Gasteiger partial charge in [0.15, 0.2) is 6.61 Å². The highest BCUT2D eigenvalue weighted by atomic mass is 79.9. The van der Waals surface area contributed by atoms with Crippen molar-refractivity contribution in [2.24, 2.45) is 0 Å². The molecule has 0 bridgehead atoms. The number of carbonyl (C=O) groups excluding carboxylic acids is 1. The fraction of sp³-hybridized carbons (Fsp3) is 0.188. The second-order valence-electron chi connectivity index (χ2n) is 4.70. The normalized spacial score (nSPS) is 11.7. The fourth-order valence-electron chi connectivity index (χ4n) is 1.83. The number of nitrogens with two attached hydrogens (primary N) is 1. The van der Waals surface area contributed by atoms with Crippen molar-refractivity contribution in [3.63, 3.8) is 0 Å². The largest absolute Gasteiger partial charge is 0.484 e. The average molecular weight is 349 g/mol. The molecule has 1 amide bonds. The average Bonchev–Trinajstić information content (AvgIpc) is 2.47. The van der Waals surface area contributed by atoms with Crippen LogP contribution in [0.4, 0.5) is 5.69 Å². The van der Waals surface area contributed by atoms with Crippen molar-refractivity contribution >= 4 is 27.5 Å². The van der Waals surface area contributed by atoms with Crippen molar-refractivity contribution in [3.8, 4) is 5.75 Å². The van der Waals surface area contributed by atoms with Crippen LogP contribution in [0.3, 0.4) is 0 Å². The minimum absolute atomic E-state index is 0.0230. The Morgan fingerprint density at radius 1 is 1.19 bits per heavy atom. The topological polar surface area (TPSA) is 64.3 Å². The number of halogens is 1. The molecule has 2 aromatic carbocycles. The number of benzene rings is 2. The summed E-state index contributed by atoms with van der Waals surface area (Å²) in [5.74, 6) is 0.456. The van der Waals surface area contributed by atoms with Crippen LogP contribution in [0.2, 0.25) is 0 Å². The smallest absolute Gasteiger partial charge is 0.258 e. The number of amides is 1. The zero-order valence-electron chi connectivity index (χ0n) is 11.7. The summed E-state index contributed by atoms with van der Waals surface area (Å²) in [5.41, 5.74) is 7.29. The first kappa shape index (κ1) is 15.4. The summed E-state index contributed by atoms with van der Waals surface area (Å²) >= 11 is 3.38. The van der Waals surface area contributed by atoms with Crippen LogP contribution in [0, 0.1) is 0 Å². The highest BCUT2D eigenvalue weighted by molar-refractivity contribution is 9.10. The zero-order valence-corrected chi connectivity index (χ0v) is 13.3. The van der Waals surface area contributed by atoms with E-state index >= 15 is 0 Å². The third-order valence-electron chi connectivity index (χ3n) is 3.00. The predicted molar refractivity (Wildman–Crippen MR) is 87.0 cm³/mol. The second-order valence-corrected chi connectivity index (χ2v) is 5.61. The molecular weight excluding hydrogens is 332 g/mol. The Hall–Kier alpha value is -2.01. The number of hydrogen-bond donors (Lipinski definition) is 2. The van der Waals surface area contributed by atoms with Gasteiger partial charge in [-0.05, 0) is 48.9 Å². The van der Waals surface area contributed by atoms with Crippen LogP contribution in [-0.4, -0.2) is 12.5 Å². The predicted octanol–water partition coefficient (Wildman–Crippen LogP) is 3.29. The van der Waals surface area contributed by atoms with E-state index in [2.05, 4.69) is 21.2 Å². The highest BCUT2D eigenvalue weighted by Gasteiger charge is 2.10. The standard InChI is InChI=1S/C16H17BrN2O2/c1-11(12-2-4-13(17)5-3-12)19-16(20)10-21-15-8-6-14(18)7-9-15/h2-9,11H,10,18H2,1H3,(H,19,20)/t11-/m0/s1. The molecule has 0 aliphatic rings. The van der Waals surface area contributed by atoms with Gasteiger partial charge in [0, 0.05) is 10.2 Å². The molecule has 2 aromatic rings. The molecule has 0 saturated carbocycles. The number of nitrogens with one attached hydrogen (secondary N) is 1. The molecule has 0 aromatic heterocycles. The van der Waals surface area contributed by atoms with Gasteiger partial charge in [-0.1, -0.05) is 28.1 Å². The first-order valence-corrected chi connectivity index (χ1v) is 7.37. The maximum Gasteiger partial charge on any atom is 0.258 e. The summed E-state index contributed by atoms with van der Waals surface area (Å²) in [6.07, 6.45) is 0. The quantitative estimate of drug-likeness (QED) is 0.815. The lowest BCUT2D eigenvalue weighted by atomic mass is 10.1. The minimum atomic E-state index is -0.165. The Balaban J connectivity index is 1.83. The monoisotopic (exact) mass is 348 g/mol. The maximum atomic E-state index is 11.9. The summed E-state index contributed by atoms with van der Waals surface area (Å²) in [7, 11) is 0. The summed E-state index contributed by atoms with van der Waals surface area (Å²) in [6, 6.07) is 14.7. The van der Waals surface area contributed by atoms with Crippen LogP contribution < -0.4 is 15.8 Å². The van der Waals surface area contributed by atoms with Crippen LogP contribution in [0.15, 0.2) is 53.0 Å². The van der Waals surface area contributed by atoms with E-state index in [4.69, 9.17) is 10.5 Å². The van der Waals surface area contributed by atoms with E-state index in [9.17, 15) is 4.79 Å². The van der Waals surface area contributed by atoms with Gasteiger partial charge in [-0.15, -0.1) is 0 Å². The van der Waals surface area contributed by atoms with Gasteiger partial charge < -0.3 is 15.8 Å². The van der Waals surface area contributed by atoms with Gasteiger partial charge in [-0.2, -0.15) is 0 Å². The molecular formula is C16H17BrN2O2. The van der Waals surface area contributed by atoms with Crippen LogP contribution in [0.1, 0.15) is 18.5 Å². The second kappa shape index (κ2) is 7.13. The Morgan fingerprint density at radius 3 is 2.43 bits per heavy atom. The molecule has 0 unspecified atom stereocenters. The molecule has 1 atom stereocenters. The Bertz CT molecular complexity index is 597. The maximum absolute atomic E-state index is 11.9. The van der Waals surface area contributed by atoms with E-state index in [1.54, 1.807) is 24.3 Å². The van der Waals surface area contributed by atoms with Gasteiger partial charge in [0.05, 0.1) is 6.04 Å². The van der Waals surface area contributed by atoms with Gasteiger partial charge in [0.1, 0.15) is 5.75 Å². The fourth-order valence-corrected chi connectivity index (χ4v) is 2.10. The van der Waals surface area contributed by atoms with E-state index in [0.717, 1.165) is 10.0 Å². The summed E-state index contributed by atoms with van der Waals surface area (Å²) in [5, 5.41) is 2.89. The Labute approximate surface area is 132 Å². The molecule has 0 heterocycles. The van der Waals surface area contributed by atoms with Gasteiger partial charge in [-0.25, -0.2) is 0 Å². The van der Waals surface area contributed by atoms with Crippen LogP contribution in [-0.2, 0) is 4.79 Å². The first-order chi connectivity index (χ1) is 10.0. The van der Waals surface area contributed by atoms with E-state index < -0.39 is 0 Å². The van der Waals surface area contributed by atoms with Crippen molar-refractivity contribution < 1.29 is 9.53 Å². The molecule has 0 spiro atoms. The van der Waals surface area contributed by atoms with Crippen molar-refractivity contribution in [2.45, 2.75) is 13.0 Å². The van der Waals surface area contributed by atoms with Gasteiger partial charge in [-0.3, -0.25) is 4.79 Å². The lowest BCUT2D eigenvalue weighted by Gasteiger charge is -2.15. The molecule has 0 aliphatic carbocycles. The van der Waals surface area contributed by atoms with Crippen LogP contribution >= 0.6 is 15.9 Å². The third kappa shape index (κ3) is 4.79. The molecule has 0 radical (unpaired) electrons. The van der Waals surface area contributed by atoms with Gasteiger partial charge >= 0.3 is 0 Å². The van der Waals surface area contributed by atoms with Crippen molar-refractivity contribution in [1.29, 1.82) is 0 Å². The van der Waals surface area contributed by atoms with Crippen LogP contribution in [0.5, 0.6) is 5.75 Å². The summed E-state index contributed by atoms with van der Waals surface area (Å²) in [6.45, 7) is 1.91. The molecule has 2 rings (SSSR count).